The summed E-state index contributed by atoms with van der Waals surface area (Å²) < 4.78 is 43.9. The van der Waals surface area contributed by atoms with Gasteiger partial charge in [-0.15, -0.1) is 0 Å². The van der Waals surface area contributed by atoms with Crippen molar-refractivity contribution in [3.63, 3.8) is 0 Å². The number of nitriles is 1. The van der Waals surface area contributed by atoms with Gasteiger partial charge in [-0.05, 0) is 48.5 Å². The van der Waals surface area contributed by atoms with Gasteiger partial charge in [0.15, 0.2) is 12.4 Å². The molecule has 0 saturated carbocycles. The first-order valence-electron chi connectivity index (χ1n) is 7.76. The standard InChI is InChI=1S/C18H15FN2O5S/c19-15-6-2-13(3-7-15)17(22)12-26-18(23)14-4-8-16(9-5-14)27(24,25)21-11-1-10-20/h2-9,21H,1,11-12H2. The number of halogens is 1. The molecular weight excluding hydrogens is 375 g/mol. The fraction of sp³-hybridized carbons (Fsp3) is 0.167. The van der Waals surface area contributed by atoms with Crippen LogP contribution >= 0.6 is 0 Å². The van der Waals surface area contributed by atoms with Crippen molar-refractivity contribution in [2.45, 2.75) is 11.3 Å². The molecule has 2 rings (SSSR count). The van der Waals surface area contributed by atoms with Crippen LogP contribution in [0.1, 0.15) is 27.1 Å². The van der Waals surface area contributed by atoms with Gasteiger partial charge in [0.05, 0.1) is 16.5 Å². The topological polar surface area (TPSA) is 113 Å². The monoisotopic (exact) mass is 390 g/mol. The smallest absolute Gasteiger partial charge is 0.338 e. The summed E-state index contributed by atoms with van der Waals surface area (Å²) in [6, 6.07) is 11.6. The van der Waals surface area contributed by atoms with Crippen molar-refractivity contribution >= 4 is 21.8 Å². The Labute approximate surface area is 155 Å². The molecule has 0 radical (unpaired) electrons. The zero-order chi connectivity index (χ0) is 19.9. The fourth-order valence-corrected chi connectivity index (χ4v) is 3.06. The summed E-state index contributed by atoms with van der Waals surface area (Å²) in [7, 11) is -3.78. The number of Topliss-reactive ketones (excluding diaryl/α,β-unsaturated/α-hetero) is 1. The van der Waals surface area contributed by atoms with Crippen LogP contribution in [0.25, 0.3) is 0 Å². The quantitative estimate of drug-likeness (QED) is 0.419. The normalized spacial score (nSPS) is 10.8. The molecule has 0 saturated heterocycles. The molecular formula is C18H15FN2O5S. The van der Waals surface area contributed by atoms with E-state index in [2.05, 4.69) is 4.72 Å². The molecule has 0 heterocycles. The summed E-state index contributed by atoms with van der Waals surface area (Å²) in [6.07, 6.45) is 0.0335. The molecule has 2 aromatic rings. The van der Waals surface area contributed by atoms with Crippen LogP contribution in [0.15, 0.2) is 53.4 Å². The molecule has 1 N–H and O–H groups in total. The van der Waals surface area contributed by atoms with Crippen LogP contribution in [0.5, 0.6) is 0 Å². The molecule has 0 bridgehead atoms. The third kappa shape index (κ3) is 5.70. The van der Waals surface area contributed by atoms with Gasteiger partial charge in [0.1, 0.15) is 5.82 Å². The third-order valence-electron chi connectivity index (χ3n) is 3.43. The summed E-state index contributed by atoms with van der Waals surface area (Å²) in [6.45, 7) is -0.547. The van der Waals surface area contributed by atoms with Crippen LogP contribution in [-0.2, 0) is 14.8 Å². The Morgan fingerprint density at radius 1 is 1.04 bits per heavy atom. The van der Waals surface area contributed by atoms with Gasteiger partial charge in [-0.1, -0.05) is 0 Å². The fourth-order valence-electron chi connectivity index (χ4n) is 2.03. The second-order valence-electron chi connectivity index (χ2n) is 5.34. The molecule has 0 aliphatic heterocycles. The number of nitrogens with zero attached hydrogens (tertiary/aromatic N) is 1. The number of ether oxygens (including phenoxy) is 1. The molecule has 2 aromatic carbocycles. The number of esters is 1. The highest BCUT2D eigenvalue weighted by Gasteiger charge is 2.16. The highest BCUT2D eigenvalue weighted by molar-refractivity contribution is 7.89. The summed E-state index contributed by atoms with van der Waals surface area (Å²) >= 11 is 0. The summed E-state index contributed by atoms with van der Waals surface area (Å²) in [5.41, 5.74) is 0.270. The average molecular weight is 390 g/mol. The molecule has 0 fully saturated rings. The van der Waals surface area contributed by atoms with Crippen molar-refractivity contribution in [2.75, 3.05) is 13.2 Å². The molecule has 7 nitrogen and oxygen atoms in total. The van der Waals surface area contributed by atoms with E-state index in [1.807, 2.05) is 6.07 Å². The Morgan fingerprint density at radius 3 is 2.22 bits per heavy atom. The Kier molecular flexibility index (Phi) is 6.76. The zero-order valence-corrected chi connectivity index (χ0v) is 14.8. The molecule has 0 amide bonds. The van der Waals surface area contributed by atoms with E-state index in [9.17, 15) is 22.4 Å². The maximum atomic E-state index is 12.8. The van der Waals surface area contributed by atoms with Gasteiger partial charge < -0.3 is 4.74 Å². The van der Waals surface area contributed by atoms with E-state index < -0.39 is 34.2 Å². The van der Waals surface area contributed by atoms with E-state index in [-0.39, 0.29) is 29.0 Å². The maximum Gasteiger partial charge on any atom is 0.338 e. The zero-order valence-electron chi connectivity index (χ0n) is 14.0. The van der Waals surface area contributed by atoms with Crippen LogP contribution < -0.4 is 4.72 Å². The molecule has 27 heavy (non-hydrogen) atoms. The molecule has 0 spiro atoms. The van der Waals surface area contributed by atoms with Gasteiger partial charge in [0.2, 0.25) is 10.0 Å². The Morgan fingerprint density at radius 2 is 1.63 bits per heavy atom. The molecule has 0 unspecified atom stereocenters. The van der Waals surface area contributed by atoms with Gasteiger partial charge in [-0.2, -0.15) is 5.26 Å². The number of rotatable bonds is 8. The second-order valence-corrected chi connectivity index (χ2v) is 7.10. The van der Waals surface area contributed by atoms with Crippen molar-refractivity contribution < 1.29 is 27.1 Å². The van der Waals surface area contributed by atoms with Crippen molar-refractivity contribution in [2.24, 2.45) is 0 Å². The van der Waals surface area contributed by atoms with Gasteiger partial charge in [-0.25, -0.2) is 22.3 Å². The van der Waals surface area contributed by atoms with E-state index in [1.54, 1.807) is 0 Å². The lowest BCUT2D eigenvalue weighted by atomic mass is 10.1. The number of ketones is 1. The first-order chi connectivity index (χ1) is 12.8. The number of carbonyl (C=O) groups is 2. The van der Waals surface area contributed by atoms with Crippen molar-refractivity contribution in [3.8, 4) is 6.07 Å². The lowest BCUT2D eigenvalue weighted by Gasteiger charge is -2.07. The van der Waals surface area contributed by atoms with Gasteiger partial charge >= 0.3 is 5.97 Å². The first kappa shape index (κ1) is 20.2. The summed E-state index contributed by atoms with van der Waals surface area (Å²) in [5.74, 6) is -1.78. The van der Waals surface area contributed by atoms with Crippen LogP contribution in [0.4, 0.5) is 4.39 Å². The van der Waals surface area contributed by atoms with E-state index in [0.29, 0.717) is 0 Å². The molecule has 9 heteroatoms. The number of hydrogen-bond acceptors (Lipinski definition) is 6. The number of nitrogens with one attached hydrogen (secondary N) is 1. The SMILES string of the molecule is N#CCCNS(=O)(=O)c1ccc(C(=O)OCC(=O)c2ccc(F)cc2)cc1. The van der Waals surface area contributed by atoms with Crippen LogP contribution in [0.2, 0.25) is 0 Å². The number of hydrogen-bond donors (Lipinski definition) is 1. The van der Waals surface area contributed by atoms with E-state index in [4.69, 9.17) is 10.00 Å². The largest absolute Gasteiger partial charge is 0.454 e. The Bertz CT molecular complexity index is 964. The third-order valence-corrected chi connectivity index (χ3v) is 4.91. The van der Waals surface area contributed by atoms with Gasteiger partial charge in [0.25, 0.3) is 0 Å². The second kappa shape index (κ2) is 9.02. The van der Waals surface area contributed by atoms with Crippen molar-refractivity contribution in [1.82, 2.24) is 4.72 Å². The molecule has 0 aliphatic rings. The van der Waals surface area contributed by atoms with Crippen molar-refractivity contribution in [3.05, 3.63) is 65.5 Å². The van der Waals surface area contributed by atoms with Crippen LogP contribution in [0.3, 0.4) is 0 Å². The van der Waals surface area contributed by atoms with E-state index >= 15 is 0 Å². The Hall–Kier alpha value is -3.09. The predicted molar refractivity (Wildman–Crippen MR) is 92.9 cm³/mol. The number of carbonyl (C=O) groups excluding carboxylic acids is 2. The van der Waals surface area contributed by atoms with Crippen molar-refractivity contribution in [1.29, 1.82) is 5.26 Å². The van der Waals surface area contributed by atoms with Gasteiger partial charge in [0, 0.05) is 18.5 Å². The summed E-state index contributed by atoms with van der Waals surface area (Å²) in [4.78, 5) is 23.8. The first-order valence-corrected chi connectivity index (χ1v) is 9.24. The lowest BCUT2D eigenvalue weighted by molar-refractivity contribution is 0.0474. The average Bonchev–Trinajstić information content (AvgIpc) is 2.66. The minimum absolute atomic E-state index is 0.0197. The minimum atomic E-state index is -3.78. The minimum Gasteiger partial charge on any atom is -0.454 e. The van der Waals surface area contributed by atoms with E-state index in [0.717, 1.165) is 12.1 Å². The van der Waals surface area contributed by atoms with Gasteiger partial charge in [-0.3, -0.25) is 4.79 Å². The highest BCUT2D eigenvalue weighted by atomic mass is 32.2. The molecule has 140 valence electrons. The lowest BCUT2D eigenvalue weighted by Crippen LogP contribution is -2.24. The maximum absolute atomic E-state index is 12.8. The summed E-state index contributed by atoms with van der Waals surface area (Å²) in [5, 5.41) is 8.43. The van der Waals surface area contributed by atoms with E-state index in [1.165, 1.54) is 36.4 Å². The van der Waals surface area contributed by atoms with Crippen LogP contribution in [0, 0.1) is 17.1 Å². The number of sulfonamides is 1. The van der Waals surface area contributed by atoms with Crippen LogP contribution in [-0.4, -0.2) is 33.3 Å². The predicted octanol–water partition coefficient (Wildman–Crippen LogP) is 2.06. The highest BCUT2D eigenvalue weighted by Crippen LogP contribution is 2.12. The molecule has 0 aromatic heterocycles. The number of benzene rings is 2. The molecule has 0 aliphatic carbocycles. The molecule has 0 atom stereocenters. The Balaban J connectivity index is 1.96.